The van der Waals surface area contributed by atoms with Crippen LogP contribution in [0.2, 0.25) is 0 Å². The third-order valence-electron chi connectivity index (χ3n) is 4.75. The second kappa shape index (κ2) is 9.05. The van der Waals surface area contributed by atoms with Gasteiger partial charge in [0, 0.05) is 42.1 Å². The summed E-state index contributed by atoms with van der Waals surface area (Å²) in [6.45, 7) is 3.59. The van der Waals surface area contributed by atoms with Crippen LogP contribution in [0.1, 0.15) is 15.9 Å². The van der Waals surface area contributed by atoms with Gasteiger partial charge in [0.05, 0.1) is 17.8 Å². The topological polar surface area (TPSA) is 71.8 Å². The summed E-state index contributed by atoms with van der Waals surface area (Å²) in [4.78, 5) is 17.3. The molecule has 2 aromatic carbocycles. The molecule has 0 saturated carbocycles. The van der Waals surface area contributed by atoms with E-state index in [1.165, 1.54) is 5.56 Å². The van der Waals surface area contributed by atoms with Crippen molar-refractivity contribution in [2.45, 2.75) is 13.5 Å². The Morgan fingerprint density at radius 1 is 0.933 bits per heavy atom. The van der Waals surface area contributed by atoms with Crippen molar-refractivity contribution in [3.63, 3.8) is 0 Å². The third kappa shape index (κ3) is 4.72. The summed E-state index contributed by atoms with van der Waals surface area (Å²) < 4.78 is 1.88. The number of nitrogens with one attached hydrogen (secondary N) is 2. The molecule has 0 atom stereocenters. The first-order valence-electron chi connectivity index (χ1n) is 9.84. The molecule has 0 fully saturated rings. The molecule has 1 amide bonds. The highest BCUT2D eigenvalue weighted by Gasteiger charge is 2.14. The minimum absolute atomic E-state index is 0.182. The Bertz CT molecular complexity index is 1100. The van der Waals surface area contributed by atoms with E-state index >= 15 is 0 Å². The molecule has 2 heterocycles. The summed E-state index contributed by atoms with van der Waals surface area (Å²) in [6, 6.07) is 21.1. The van der Waals surface area contributed by atoms with Gasteiger partial charge in [-0.3, -0.25) is 14.5 Å². The zero-order valence-electron chi connectivity index (χ0n) is 16.7. The molecule has 6 heteroatoms. The molecule has 2 N–H and O–H groups in total. The highest BCUT2D eigenvalue weighted by atomic mass is 16.1. The van der Waals surface area contributed by atoms with E-state index < -0.39 is 0 Å². The molecule has 4 rings (SSSR count). The standard InChI is InChI=1S/C24H23N5O/c1-18-5-7-19(8-6-18)23-22(4-2-13-26-23)24(30)28-21-11-9-20(10-12-21)25-15-17-29-16-3-14-27-29/h2-14,16,25H,15,17H2,1H3,(H,28,30). The molecule has 0 unspecified atom stereocenters. The molecule has 0 bridgehead atoms. The summed E-state index contributed by atoms with van der Waals surface area (Å²) in [7, 11) is 0. The van der Waals surface area contributed by atoms with Crippen molar-refractivity contribution < 1.29 is 4.79 Å². The van der Waals surface area contributed by atoms with E-state index in [1.54, 1.807) is 24.5 Å². The summed E-state index contributed by atoms with van der Waals surface area (Å²) in [5.41, 5.74) is 5.02. The van der Waals surface area contributed by atoms with Gasteiger partial charge in [-0.1, -0.05) is 29.8 Å². The predicted octanol–water partition coefficient (Wildman–Crippen LogP) is 4.62. The van der Waals surface area contributed by atoms with Crippen LogP contribution in [0.5, 0.6) is 0 Å². The van der Waals surface area contributed by atoms with E-state index in [4.69, 9.17) is 0 Å². The number of pyridine rings is 1. The summed E-state index contributed by atoms with van der Waals surface area (Å²) in [5, 5.41) is 10.5. The van der Waals surface area contributed by atoms with Crippen LogP contribution >= 0.6 is 0 Å². The molecule has 0 aliphatic heterocycles. The molecule has 0 radical (unpaired) electrons. The Kier molecular flexibility index (Phi) is 5.85. The van der Waals surface area contributed by atoms with Gasteiger partial charge in [-0.2, -0.15) is 5.10 Å². The van der Waals surface area contributed by atoms with Crippen molar-refractivity contribution in [3.05, 3.63) is 96.4 Å². The predicted molar refractivity (Wildman–Crippen MR) is 120 cm³/mol. The van der Waals surface area contributed by atoms with E-state index in [1.807, 2.05) is 72.4 Å². The van der Waals surface area contributed by atoms with E-state index in [-0.39, 0.29) is 5.91 Å². The lowest BCUT2D eigenvalue weighted by Crippen LogP contribution is -2.14. The van der Waals surface area contributed by atoms with Crippen molar-refractivity contribution >= 4 is 17.3 Å². The summed E-state index contributed by atoms with van der Waals surface area (Å²) in [6.07, 6.45) is 5.41. The van der Waals surface area contributed by atoms with Crippen LogP contribution in [0.15, 0.2) is 85.3 Å². The van der Waals surface area contributed by atoms with E-state index in [2.05, 4.69) is 20.7 Å². The fourth-order valence-corrected chi connectivity index (χ4v) is 3.15. The van der Waals surface area contributed by atoms with Crippen LogP contribution in [0.3, 0.4) is 0 Å². The number of hydrogen-bond acceptors (Lipinski definition) is 4. The molecule has 6 nitrogen and oxygen atoms in total. The molecule has 2 aromatic heterocycles. The smallest absolute Gasteiger partial charge is 0.257 e. The first kappa shape index (κ1) is 19.4. The van der Waals surface area contributed by atoms with Crippen molar-refractivity contribution in [2.75, 3.05) is 17.2 Å². The third-order valence-corrected chi connectivity index (χ3v) is 4.75. The average Bonchev–Trinajstić information content (AvgIpc) is 3.29. The molecule has 30 heavy (non-hydrogen) atoms. The van der Waals surface area contributed by atoms with E-state index in [0.29, 0.717) is 11.3 Å². The number of carbonyl (C=O) groups excluding carboxylic acids is 1. The maximum Gasteiger partial charge on any atom is 0.257 e. The normalized spacial score (nSPS) is 10.6. The fraction of sp³-hybridized carbons (Fsp3) is 0.125. The second-order valence-corrected chi connectivity index (χ2v) is 6.99. The van der Waals surface area contributed by atoms with Crippen molar-refractivity contribution in [1.29, 1.82) is 0 Å². The van der Waals surface area contributed by atoms with Crippen LogP contribution in [0.25, 0.3) is 11.3 Å². The first-order valence-corrected chi connectivity index (χ1v) is 9.84. The molecule has 0 spiro atoms. The Hall–Kier alpha value is -3.93. The molecular weight excluding hydrogens is 374 g/mol. The molecule has 0 aliphatic carbocycles. The van der Waals surface area contributed by atoms with Gasteiger partial charge in [0.2, 0.25) is 0 Å². The molecular formula is C24H23N5O. The average molecular weight is 397 g/mol. The van der Waals surface area contributed by atoms with Gasteiger partial charge in [0.15, 0.2) is 0 Å². The highest BCUT2D eigenvalue weighted by molar-refractivity contribution is 6.08. The van der Waals surface area contributed by atoms with Gasteiger partial charge in [0.25, 0.3) is 5.91 Å². The molecule has 0 saturated heterocycles. The van der Waals surface area contributed by atoms with Crippen LogP contribution in [-0.2, 0) is 6.54 Å². The lowest BCUT2D eigenvalue weighted by molar-refractivity contribution is 0.102. The Morgan fingerprint density at radius 3 is 2.43 bits per heavy atom. The van der Waals surface area contributed by atoms with Crippen molar-refractivity contribution in [3.8, 4) is 11.3 Å². The molecule has 4 aromatic rings. The van der Waals surface area contributed by atoms with Gasteiger partial charge >= 0.3 is 0 Å². The Balaban J connectivity index is 1.41. The lowest BCUT2D eigenvalue weighted by Gasteiger charge is -2.11. The number of rotatable bonds is 7. The summed E-state index contributed by atoms with van der Waals surface area (Å²) in [5.74, 6) is -0.182. The van der Waals surface area contributed by atoms with E-state index in [0.717, 1.165) is 30.0 Å². The van der Waals surface area contributed by atoms with Gasteiger partial charge < -0.3 is 10.6 Å². The minimum Gasteiger partial charge on any atom is -0.383 e. The maximum absolute atomic E-state index is 12.9. The number of hydrogen-bond donors (Lipinski definition) is 2. The lowest BCUT2D eigenvalue weighted by atomic mass is 10.0. The minimum atomic E-state index is -0.182. The monoisotopic (exact) mass is 397 g/mol. The van der Waals surface area contributed by atoms with Crippen LogP contribution in [0, 0.1) is 6.92 Å². The van der Waals surface area contributed by atoms with Gasteiger partial charge in [-0.05, 0) is 49.4 Å². The zero-order chi connectivity index (χ0) is 20.8. The number of carbonyl (C=O) groups is 1. The van der Waals surface area contributed by atoms with E-state index in [9.17, 15) is 4.79 Å². The van der Waals surface area contributed by atoms with Crippen molar-refractivity contribution in [1.82, 2.24) is 14.8 Å². The number of aryl methyl sites for hydroxylation is 1. The molecule has 0 aliphatic rings. The second-order valence-electron chi connectivity index (χ2n) is 6.99. The first-order chi connectivity index (χ1) is 14.7. The summed E-state index contributed by atoms with van der Waals surface area (Å²) >= 11 is 0. The Morgan fingerprint density at radius 2 is 1.70 bits per heavy atom. The quantitative estimate of drug-likeness (QED) is 0.477. The van der Waals surface area contributed by atoms with Crippen molar-refractivity contribution in [2.24, 2.45) is 0 Å². The SMILES string of the molecule is Cc1ccc(-c2ncccc2C(=O)Nc2ccc(NCCn3cccn3)cc2)cc1. The van der Waals surface area contributed by atoms with Crippen LogP contribution in [0.4, 0.5) is 11.4 Å². The maximum atomic E-state index is 12.9. The van der Waals surface area contributed by atoms with Crippen LogP contribution < -0.4 is 10.6 Å². The largest absolute Gasteiger partial charge is 0.383 e. The number of amides is 1. The Labute approximate surface area is 175 Å². The van der Waals surface area contributed by atoms with Gasteiger partial charge in [-0.25, -0.2) is 0 Å². The number of anilines is 2. The highest BCUT2D eigenvalue weighted by Crippen LogP contribution is 2.23. The number of benzene rings is 2. The number of aromatic nitrogens is 3. The fourth-order valence-electron chi connectivity index (χ4n) is 3.15. The van der Waals surface area contributed by atoms with Crippen LogP contribution in [-0.4, -0.2) is 27.2 Å². The van der Waals surface area contributed by atoms with Gasteiger partial charge in [-0.15, -0.1) is 0 Å². The molecule has 150 valence electrons. The number of nitrogens with zero attached hydrogens (tertiary/aromatic N) is 3. The van der Waals surface area contributed by atoms with Gasteiger partial charge in [0.1, 0.15) is 0 Å². The zero-order valence-corrected chi connectivity index (χ0v) is 16.7.